The van der Waals surface area contributed by atoms with Gasteiger partial charge in [-0.25, -0.2) is 4.39 Å². The summed E-state index contributed by atoms with van der Waals surface area (Å²) >= 11 is 2.41. The minimum atomic E-state index is -0.987. The molecule has 1 fully saturated rings. The van der Waals surface area contributed by atoms with Crippen molar-refractivity contribution in [3.05, 3.63) is 100 Å². The Morgan fingerprint density at radius 2 is 1.96 bits per heavy atom. The van der Waals surface area contributed by atoms with Crippen molar-refractivity contribution in [2.75, 3.05) is 11.5 Å². The Labute approximate surface area is 268 Å². The van der Waals surface area contributed by atoms with Gasteiger partial charge in [-0.05, 0) is 72.4 Å². The third-order valence-corrected chi connectivity index (χ3v) is 9.77. The van der Waals surface area contributed by atoms with Gasteiger partial charge in [-0.2, -0.15) is 0 Å². The van der Waals surface area contributed by atoms with Crippen LogP contribution in [0.3, 0.4) is 0 Å². The number of ketones is 1. The number of aromatic nitrogens is 2. The number of Topliss-reactive ketones (excluding diaryl/α,β-unsaturated/α-hetero) is 1. The van der Waals surface area contributed by atoms with Gasteiger partial charge in [0.1, 0.15) is 29.2 Å². The Hall–Kier alpha value is -4.22. The van der Waals surface area contributed by atoms with E-state index in [1.165, 1.54) is 22.7 Å². The van der Waals surface area contributed by atoms with Crippen LogP contribution in [0.5, 0.6) is 11.5 Å². The number of thioether (sulfide) groups is 1. The minimum Gasteiger partial charge on any atom is -0.507 e. The highest BCUT2D eigenvalue weighted by Crippen LogP contribution is 2.45. The first kappa shape index (κ1) is 30.8. The van der Waals surface area contributed by atoms with Crippen LogP contribution in [0.2, 0.25) is 0 Å². The first-order chi connectivity index (χ1) is 21.7. The molecule has 0 bridgehead atoms. The van der Waals surface area contributed by atoms with Crippen molar-refractivity contribution in [2.45, 2.75) is 55.9 Å². The molecule has 6 rings (SSSR count). The molecule has 0 radical (unpaired) electrons. The number of hydrogen-bond donors (Lipinski definition) is 1. The summed E-state index contributed by atoms with van der Waals surface area (Å²) in [6.45, 7) is 6.70. The van der Waals surface area contributed by atoms with E-state index >= 15 is 0 Å². The molecule has 0 spiro atoms. The van der Waals surface area contributed by atoms with Crippen LogP contribution < -0.4 is 14.4 Å². The molecule has 45 heavy (non-hydrogen) atoms. The molecule has 2 aliphatic heterocycles. The lowest BCUT2D eigenvalue weighted by Crippen LogP contribution is -2.29. The number of aliphatic hydroxyl groups excluding tert-OH is 1. The molecule has 3 heterocycles. The van der Waals surface area contributed by atoms with Crippen LogP contribution in [0.4, 0.5) is 9.52 Å². The summed E-state index contributed by atoms with van der Waals surface area (Å²) in [6, 6.07) is 17.9. The molecule has 0 aliphatic carbocycles. The van der Waals surface area contributed by atoms with E-state index < -0.39 is 17.7 Å². The number of ether oxygens (including phenoxy) is 2. The number of halogens is 1. The van der Waals surface area contributed by atoms with Gasteiger partial charge in [-0.1, -0.05) is 67.3 Å². The summed E-state index contributed by atoms with van der Waals surface area (Å²) in [7, 11) is 0. The van der Waals surface area contributed by atoms with Gasteiger partial charge < -0.3 is 14.6 Å². The average molecular weight is 646 g/mol. The molecule has 2 atom stereocenters. The van der Waals surface area contributed by atoms with E-state index in [-0.39, 0.29) is 28.4 Å². The van der Waals surface area contributed by atoms with Gasteiger partial charge in [0.25, 0.3) is 5.78 Å². The zero-order chi connectivity index (χ0) is 31.7. The number of hydrogen-bond acceptors (Lipinski definition) is 9. The van der Waals surface area contributed by atoms with Gasteiger partial charge in [0.05, 0.1) is 18.2 Å². The van der Waals surface area contributed by atoms with Gasteiger partial charge in [0.15, 0.2) is 4.34 Å². The second-order valence-corrected chi connectivity index (χ2v) is 13.6. The molecular formula is C34H32FN3O5S2. The van der Waals surface area contributed by atoms with E-state index in [0.29, 0.717) is 51.5 Å². The molecule has 232 valence electrons. The summed E-state index contributed by atoms with van der Waals surface area (Å²) in [4.78, 5) is 28.7. The molecule has 2 aliphatic rings. The van der Waals surface area contributed by atoms with Crippen molar-refractivity contribution in [3.8, 4) is 11.5 Å². The summed E-state index contributed by atoms with van der Waals surface area (Å²) in [5, 5.41) is 20.3. The normalized spacial score (nSPS) is 18.8. The van der Waals surface area contributed by atoms with E-state index in [2.05, 4.69) is 24.0 Å². The fraction of sp³-hybridized carbons (Fsp3) is 0.294. The molecule has 0 saturated carbocycles. The number of aliphatic hydroxyl groups is 1. The number of carbonyl (C=O) groups excluding carboxylic acids is 2. The van der Waals surface area contributed by atoms with Crippen molar-refractivity contribution in [2.24, 2.45) is 5.92 Å². The smallest absolute Gasteiger partial charge is 0.301 e. The number of benzene rings is 3. The second-order valence-electron chi connectivity index (χ2n) is 11.5. The van der Waals surface area contributed by atoms with Crippen molar-refractivity contribution in [1.82, 2.24) is 10.2 Å². The van der Waals surface area contributed by atoms with Crippen LogP contribution in [-0.4, -0.2) is 39.7 Å². The number of rotatable bonds is 10. The lowest BCUT2D eigenvalue weighted by molar-refractivity contribution is -0.132. The molecule has 8 nitrogen and oxygen atoms in total. The molecule has 1 amide bonds. The number of anilines is 1. The zero-order valence-corrected chi connectivity index (χ0v) is 26.7. The van der Waals surface area contributed by atoms with E-state index in [0.717, 1.165) is 29.1 Å². The predicted octanol–water partition coefficient (Wildman–Crippen LogP) is 7.34. The highest BCUT2D eigenvalue weighted by molar-refractivity contribution is 8.00. The Kier molecular flexibility index (Phi) is 8.91. The minimum absolute atomic E-state index is 0.00395. The predicted molar refractivity (Wildman–Crippen MR) is 172 cm³/mol. The molecular weight excluding hydrogens is 614 g/mol. The quantitative estimate of drug-likeness (QED) is 0.0629. The van der Waals surface area contributed by atoms with Crippen molar-refractivity contribution < 1.29 is 28.6 Å². The Morgan fingerprint density at radius 1 is 1.13 bits per heavy atom. The van der Waals surface area contributed by atoms with Gasteiger partial charge >= 0.3 is 5.91 Å². The lowest BCUT2D eigenvalue weighted by Gasteiger charge is -2.23. The highest BCUT2D eigenvalue weighted by atomic mass is 32.2. The van der Waals surface area contributed by atoms with Crippen LogP contribution in [0.15, 0.2) is 76.6 Å². The topological polar surface area (TPSA) is 102 Å². The van der Waals surface area contributed by atoms with Gasteiger partial charge in [0, 0.05) is 17.7 Å². The summed E-state index contributed by atoms with van der Waals surface area (Å²) in [6.07, 6.45) is 1.54. The monoisotopic (exact) mass is 645 g/mol. The highest BCUT2D eigenvalue weighted by Gasteiger charge is 2.48. The van der Waals surface area contributed by atoms with Gasteiger partial charge in [-0.3, -0.25) is 14.5 Å². The Morgan fingerprint density at radius 3 is 2.76 bits per heavy atom. The standard InChI is InChI=1S/C34H32FN3O5S2/c1-19(2)13-14-42-25-9-6-8-21(17-25)29-28(30(39)22-11-12-27-24(16-22)15-20(3)43-27)31(40)32(41)38(29)33-36-37-34(45-33)44-18-23-7-4-5-10-26(23)35/h4-12,16-17,19-20,29,39H,13-15,18H2,1-3H3/t20-,29-/m1/s1. The van der Waals surface area contributed by atoms with Crippen LogP contribution in [0.25, 0.3) is 5.76 Å². The van der Waals surface area contributed by atoms with Crippen LogP contribution in [-0.2, 0) is 21.8 Å². The molecule has 1 aromatic heterocycles. The van der Waals surface area contributed by atoms with Gasteiger partial charge in [0.2, 0.25) is 5.13 Å². The van der Waals surface area contributed by atoms with Crippen molar-refractivity contribution >= 4 is 45.7 Å². The molecule has 11 heteroatoms. The maximum absolute atomic E-state index is 14.2. The molecule has 3 aromatic carbocycles. The molecule has 0 unspecified atom stereocenters. The summed E-state index contributed by atoms with van der Waals surface area (Å²) in [5.41, 5.74) is 2.37. The maximum Gasteiger partial charge on any atom is 0.301 e. The number of fused-ring (bicyclic) bond motifs is 1. The Bertz CT molecular complexity index is 1790. The number of amides is 1. The van der Waals surface area contributed by atoms with Crippen LogP contribution in [0, 0.1) is 11.7 Å². The van der Waals surface area contributed by atoms with E-state index in [1.54, 1.807) is 54.6 Å². The first-order valence-corrected chi connectivity index (χ1v) is 16.5. The maximum atomic E-state index is 14.2. The second kappa shape index (κ2) is 13.0. The summed E-state index contributed by atoms with van der Waals surface area (Å²) in [5.74, 6) is -0.158. The Balaban J connectivity index is 1.38. The van der Waals surface area contributed by atoms with Crippen LogP contribution >= 0.6 is 23.1 Å². The van der Waals surface area contributed by atoms with Crippen molar-refractivity contribution in [3.63, 3.8) is 0 Å². The third kappa shape index (κ3) is 6.46. The lowest BCUT2D eigenvalue weighted by atomic mass is 9.94. The SMILES string of the molecule is CC(C)CCOc1cccc([C@@H]2C(=C(O)c3ccc4c(c3)C[C@@H](C)O4)C(=O)C(=O)N2c2nnc(SCc3ccccc3F)s2)c1. The fourth-order valence-electron chi connectivity index (χ4n) is 5.37. The van der Waals surface area contributed by atoms with E-state index in [4.69, 9.17) is 9.47 Å². The molecule has 4 aromatic rings. The van der Waals surface area contributed by atoms with Crippen LogP contribution in [0.1, 0.15) is 55.5 Å². The number of carbonyl (C=O) groups is 2. The van der Waals surface area contributed by atoms with Gasteiger partial charge in [-0.15, -0.1) is 10.2 Å². The van der Waals surface area contributed by atoms with E-state index in [9.17, 15) is 19.1 Å². The number of nitrogens with zero attached hydrogens (tertiary/aromatic N) is 3. The largest absolute Gasteiger partial charge is 0.507 e. The molecule has 1 saturated heterocycles. The van der Waals surface area contributed by atoms with E-state index in [1.807, 2.05) is 13.0 Å². The third-order valence-electron chi connectivity index (χ3n) is 7.66. The van der Waals surface area contributed by atoms with Crippen molar-refractivity contribution in [1.29, 1.82) is 0 Å². The zero-order valence-electron chi connectivity index (χ0n) is 25.0. The first-order valence-electron chi connectivity index (χ1n) is 14.7. The summed E-state index contributed by atoms with van der Waals surface area (Å²) < 4.78 is 26.5. The average Bonchev–Trinajstić information content (AvgIpc) is 3.71. The molecule has 1 N–H and O–H groups in total. The fourth-order valence-corrected chi connectivity index (χ4v) is 7.22.